The van der Waals surface area contributed by atoms with Gasteiger partial charge in [0.1, 0.15) is 0 Å². The van der Waals surface area contributed by atoms with E-state index in [2.05, 4.69) is 168 Å². The summed E-state index contributed by atoms with van der Waals surface area (Å²) in [7, 11) is 0. The Labute approximate surface area is 265 Å². The van der Waals surface area contributed by atoms with Gasteiger partial charge in [-0.2, -0.15) is 0 Å². The third-order valence-corrected chi connectivity index (χ3v) is 9.65. The number of aryl methyl sites for hydroxylation is 1. The molecule has 0 atom stereocenters. The summed E-state index contributed by atoms with van der Waals surface area (Å²) in [6.45, 7) is 2.19. The molecule has 10 aromatic rings. The van der Waals surface area contributed by atoms with E-state index in [4.69, 9.17) is 4.42 Å². The Morgan fingerprint density at radius 2 is 0.935 bits per heavy atom. The van der Waals surface area contributed by atoms with Gasteiger partial charge >= 0.3 is 0 Å². The van der Waals surface area contributed by atoms with Crippen molar-refractivity contribution in [2.75, 3.05) is 0 Å². The second kappa shape index (κ2) is 9.47. The Morgan fingerprint density at radius 3 is 1.63 bits per heavy atom. The summed E-state index contributed by atoms with van der Waals surface area (Å²) in [4.78, 5) is 0. The highest BCUT2D eigenvalue weighted by molar-refractivity contribution is 6.16. The largest absolute Gasteiger partial charge is 0.452 e. The molecule has 7 aromatic carbocycles. The van der Waals surface area contributed by atoms with Crippen LogP contribution in [0.15, 0.2) is 156 Å². The highest BCUT2D eigenvalue weighted by atomic mass is 16.3. The molecule has 0 saturated heterocycles. The fraction of sp³-hybridized carbons (Fsp3) is 0.0233. The molecule has 0 aliphatic carbocycles. The standard InChI is InChI=1S/C43H28N2O/c1-27-22-24-35-34-17-11-21-39(42(34)46-43(35)41(27)45-37-19-9-6-14-30(37)31-15-7-10-20-38(31)45)44-36-18-8-5-16-32(36)33-25-23-29(26-40(33)44)28-12-3-2-4-13-28/h2-26H,1H3. The predicted molar refractivity (Wildman–Crippen MR) is 193 cm³/mol. The van der Waals surface area contributed by atoms with Gasteiger partial charge in [-0.15, -0.1) is 0 Å². The van der Waals surface area contributed by atoms with E-state index in [-0.39, 0.29) is 0 Å². The quantitative estimate of drug-likeness (QED) is 0.201. The molecule has 0 fully saturated rings. The van der Waals surface area contributed by atoms with Crippen LogP contribution in [0.5, 0.6) is 0 Å². The van der Waals surface area contributed by atoms with Gasteiger partial charge in [0.05, 0.1) is 33.4 Å². The summed E-state index contributed by atoms with van der Waals surface area (Å²) < 4.78 is 11.9. The number of fused-ring (bicyclic) bond motifs is 9. The summed E-state index contributed by atoms with van der Waals surface area (Å²) in [6.07, 6.45) is 0. The van der Waals surface area contributed by atoms with Gasteiger partial charge in [0.25, 0.3) is 0 Å². The molecule has 216 valence electrons. The third kappa shape index (κ3) is 3.43. The van der Waals surface area contributed by atoms with E-state index in [1.165, 1.54) is 49.3 Å². The summed E-state index contributed by atoms with van der Waals surface area (Å²) in [5.74, 6) is 0. The van der Waals surface area contributed by atoms with Crippen LogP contribution in [0, 0.1) is 6.92 Å². The Morgan fingerprint density at radius 1 is 0.391 bits per heavy atom. The SMILES string of the molecule is Cc1ccc2c(oc3c(-n4c5ccccc5c5ccc(-c6ccccc6)cc54)cccc32)c1-n1c2ccccc2c2ccccc21. The van der Waals surface area contributed by atoms with Crippen molar-refractivity contribution in [2.24, 2.45) is 0 Å². The van der Waals surface area contributed by atoms with Crippen LogP contribution in [0.4, 0.5) is 0 Å². The maximum absolute atomic E-state index is 7.11. The molecule has 46 heavy (non-hydrogen) atoms. The zero-order chi connectivity index (χ0) is 30.4. The lowest BCUT2D eigenvalue weighted by molar-refractivity contribution is 0.663. The van der Waals surface area contributed by atoms with Crippen molar-refractivity contribution >= 4 is 65.6 Å². The number of para-hydroxylation sites is 4. The second-order valence-corrected chi connectivity index (χ2v) is 12.2. The van der Waals surface area contributed by atoms with Gasteiger partial charge in [0, 0.05) is 32.3 Å². The number of hydrogen-bond donors (Lipinski definition) is 0. The van der Waals surface area contributed by atoms with Gasteiger partial charge < -0.3 is 13.6 Å². The van der Waals surface area contributed by atoms with Gasteiger partial charge in [-0.25, -0.2) is 0 Å². The normalized spacial score (nSPS) is 12.0. The number of benzene rings is 7. The average Bonchev–Trinajstić information content (AvgIpc) is 3.76. The van der Waals surface area contributed by atoms with Crippen molar-refractivity contribution in [3.05, 3.63) is 157 Å². The molecule has 3 heteroatoms. The number of hydrogen-bond acceptors (Lipinski definition) is 1. The van der Waals surface area contributed by atoms with E-state index in [1.807, 2.05) is 0 Å². The number of nitrogens with zero attached hydrogens (tertiary/aromatic N) is 2. The molecule has 3 aromatic heterocycles. The van der Waals surface area contributed by atoms with E-state index in [9.17, 15) is 0 Å². The predicted octanol–water partition coefficient (Wildman–Crippen LogP) is 11.8. The van der Waals surface area contributed by atoms with Crippen LogP contribution in [-0.2, 0) is 0 Å². The van der Waals surface area contributed by atoms with E-state index < -0.39 is 0 Å². The first-order chi connectivity index (χ1) is 22.8. The second-order valence-electron chi connectivity index (χ2n) is 12.2. The van der Waals surface area contributed by atoms with Crippen LogP contribution in [0.3, 0.4) is 0 Å². The minimum atomic E-state index is 0.887. The Hall–Kier alpha value is -6.06. The van der Waals surface area contributed by atoms with Crippen molar-refractivity contribution in [3.8, 4) is 22.5 Å². The highest BCUT2D eigenvalue weighted by Crippen LogP contribution is 2.43. The van der Waals surface area contributed by atoms with Gasteiger partial charge in [0.2, 0.25) is 0 Å². The third-order valence-electron chi connectivity index (χ3n) is 9.65. The van der Waals surface area contributed by atoms with Gasteiger partial charge in [0.15, 0.2) is 11.2 Å². The van der Waals surface area contributed by atoms with Crippen molar-refractivity contribution in [2.45, 2.75) is 6.92 Å². The summed E-state index contributed by atoms with van der Waals surface area (Å²) in [5.41, 5.74) is 12.2. The maximum atomic E-state index is 7.11. The monoisotopic (exact) mass is 588 g/mol. The topological polar surface area (TPSA) is 23.0 Å². The Balaban J connectivity index is 1.31. The fourth-order valence-electron chi connectivity index (χ4n) is 7.59. The van der Waals surface area contributed by atoms with Crippen LogP contribution < -0.4 is 0 Å². The Bertz CT molecular complexity index is 2760. The molecular weight excluding hydrogens is 560 g/mol. The van der Waals surface area contributed by atoms with E-state index in [0.717, 1.165) is 44.3 Å². The zero-order valence-corrected chi connectivity index (χ0v) is 25.2. The smallest absolute Gasteiger partial charge is 0.159 e. The molecule has 0 aliphatic rings. The van der Waals surface area contributed by atoms with Crippen LogP contribution in [0.2, 0.25) is 0 Å². The van der Waals surface area contributed by atoms with E-state index >= 15 is 0 Å². The molecule has 0 spiro atoms. The molecule has 3 heterocycles. The van der Waals surface area contributed by atoms with Gasteiger partial charge in [-0.1, -0.05) is 121 Å². The first kappa shape index (κ1) is 25.3. The fourth-order valence-corrected chi connectivity index (χ4v) is 7.59. The van der Waals surface area contributed by atoms with Crippen molar-refractivity contribution in [3.63, 3.8) is 0 Å². The molecule has 0 amide bonds. The van der Waals surface area contributed by atoms with Crippen molar-refractivity contribution in [1.82, 2.24) is 9.13 Å². The number of rotatable bonds is 3. The highest BCUT2D eigenvalue weighted by Gasteiger charge is 2.22. The lowest BCUT2D eigenvalue weighted by Crippen LogP contribution is -1.97. The van der Waals surface area contributed by atoms with Crippen LogP contribution in [0.25, 0.3) is 88.1 Å². The minimum absolute atomic E-state index is 0.887. The first-order valence-corrected chi connectivity index (χ1v) is 15.8. The molecule has 0 radical (unpaired) electrons. The van der Waals surface area contributed by atoms with E-state index in [0.29, 0.717) is 0 Å². The van der Waals surface area contributed by atoms with Crippen LogP contribution in [0.1, 0.15) is 5.56 Å². The first-order valence-electron chi connectivity index (χ1n) is 15.8. The molecule has 10 rings (SSSR count). The van der Waals surface area contributed by atoms with Gasteiger partial charge in [-0.3, -0.25) is 0 Å². The lowest BCUT2D eigenvalue weighted by atomic mass is 10.0. The van der Waals surface area contributed by atoms with Crippen LogP contribution >= 0.6 is 0 Å². The van der Waals surface area contributed by atoms with E-state index in [1.54, 1.807) is 0 Å². The maximum Gasteiger partial charge on any atom is 0.159 e. The number of aromatic nitrogens is 2. The lowest BCUT2D eigenvalue weighted by Gasteiger charge is -2.12. The Kier molecular flexibility index (Phi) is 5.20. The van der Waals surface area contributed by atoms with Crippen molar-refractivity contribution in [1.29, 1.82) is 0 Å². The summed E-state index contributed by atoms with van der Waals surface area (Å²) in [5, 5.41) is 7.17. The minimum Gasteiger partial charge on any atom is -0.452 e. The molecule has 0 unspecified atom stereocenters. The van der Waals surface area contributed by atoms with Gasteiger partial charge in [-0.05, 0) is 53.9 Å². The molecular formula is C43H28N2O. The molecule has 0 aliphatic heterocycles. The average molecular weight is 589 g/mol. The molecule has 0 bridgehead atoms. The molecule has 3 nitrogen and oxygen atoms in total. The summed E-state index contributed by atoms with van der Waals surface area (Å²) in [6, 6.07) is 54.4. The summed E-state index contributed by atoms with van der Waals surface area (Å²) >= 11 is 0. The van der Waals surface area contributed by atoms with Crippen molar-refractivity contribution < 1.29 is 4.42 Å². The van der Waals surface area contributed by atoms with Crippen LogP contribution in [-0.4, -0.2) is 9.13 Å². The number of furan rings is 1. The molecule has 0 saturated carbocycles. The molecule has 0 N–H and O–H groups in total. The zero-order valence-electron chi connectivity index (χ0n) is 25.2.